The molecule has 1 aliphatic carbocycles. The number of alkyl halides is 3. The lowest BCUT2D eigenvalue weighted by Crippen LogP contribution is -2.51. The van der Waals surface area contributed by atoms with Crippen LogP contribution in [-0.4, -0.2) is 54.7 Å². The number of rotatable bonds is 8. The van der Waals surface area contributed by atoms with Crippen molar-refractivity contribution >= 4 is 28.0 Å². The summed E-state index contributed by atoms with van der Waals surface area (Å²) in [5, 5.41) is 2.18. The van der Waals surface area contributed by atoms with Gasteiger partial charge in [-0.2, -0.15) is 13.2 Å². The normalized spacial score (nSPS) is 21.8. The second-order valence-corrected chi connectivity index (χ2v) is 11.7. The van der Waals surface area contributed by atoms with Gasteiger partial charge in [-0.1, -0.05) is 35.9 Å². The zero-order valence-electron chi connectivity index (χ0n) is 22.4. The molecule has 5 atom stereocenters. The van der Waals surface area contributed by atoms with Crippen molar-refractivity contribution in [3.05, 3.63) is 65.0 Å². The highest BCUT2D eigenvalue weighted by Crippen LogP contribution is 2.40. The van der Waals surface area contributed by atoms with Crippen LogP contribution in [0.15, 0.2) is 42.5 Å². The molecule has 0 bridgehead atoms. The van der Waals surface area contributed by atoms with Gasteiger partial charge >= 0.3 is 6.18 Å². The molecule has 1 aliphatic rings. The lowest BCUT2D eigenvalue weighted by molar-refractivity contribution is -0.136. The molecule has 2 aromatic carbocycles. The Kier molecular flexibility index (Phi) is 8.82. The molecule has 1 amide bonds. The number of hydrogen-bond acceptors (Lipinski definition) is 5. The van der Waals surface area contributed by atoms with Gasteiger partial charge in [-0.15, -0.1) is 0 Å². The van der Waals surface area contributed by atoms with Crippen molar-refractivity contribution in [2.24, 2.45) is 5.92 Å². The second kappa shape index (κ2) is 11.8. The number of halogens is 3. The fourth-order valence-electron chi connectivity index (χ4n) is 5.55. The Morgan fingerprint density at radius 3 is 2.51 bits per heavy atom. The molecule has 2 unspecified atom stereocenters. The van der Waals surface area contributed by atoms with Crippen LogP contribution < -0.4 is 5.32 Å². The maximum absolute atomic E-state index is 13.4. The van der Waals surface area contributed by atoms with E-state index in [-0.39, 0.29) is 41.3 Å². The number of aromatic amines is 1. The van der Waals surface area contributed by atoms with E-state index < -0.39 is 40.0 Å². The SMILES string of the molecule is Cc1ccc(C([C@H]2C[C@H](N(C)C(C)C)CC[C@@H]2NC(=O)Cc2nc3c(C(F)(F)F)cccc3[nH]2)S(=O)[O-])cc1. The monoisotopic (exact) mass is 563 g/mol. The van der Waals surface area contributed by atoms with Crippen molar-refractivity contribution in [3.8, 4) is 0 Å². The van der Waals surface area contributed by atoms with E-state index in [9.17, 15) is 26.7 Å². The van der Waals surface area contributed by atoms with Gasteiger partial charge in [0.25, 0.3) is 0 Å². The summed E-state index contributed by atoms with van der Waals surface area (Å²) in [7, 11) is 2.02. The molecule has 11 heteroatoms. The minimum absolute atomic E-state index is 0.117. The van der Waals surface area contributed by atoms with Crippen molar-refractivity contribution in [3.63, 3.8) is 0 Å². The third-order valence-electron chi connectivity index (χ3n) is 7.81. The van der Waals surface area contributed by atoms with Crippen molar-refractivity contribution in [2.75, 3.05) is 7.05 Å². The highest BCUT2D eigenvalue weighted by atomic mass is 32.2. The molecule has 1 fully saturated rings. The van der Waals surface area contributed by atoms with Crippen LogP contribution in [0.1, 0.15) is 60.9 Å². The number of H-pyrrole nitrogens is 1. The van der Waals surface area contributed by atoms with Gasteiger partial charge in [0.15, 0.2) is 0 Å². The van der Waals surface area contributed by atoms with E-state index in [1.165, 1.54) is 12.1 Å². The zero-order chi connectivity index (χ0) is 28.5. The molecule has 1 heterocycles. The average molecular weight is 564 g/mol. The smallest absolute Gasteiger partial charge is 0.418 e. The Morgan fingerprint density at radius 2 is 1.90 bits per heavy atom. The van der Waals surface area contributed by atoms with Crippen molar-refractivity contribution < 1.29 is 26.7 Å². The van der Waals surface area contributed by atoms with Crippen LogP contribution in [0.3, 0.4) is 0 Å². The molecule has 7 nitrogen and oxygen atoms in total. The molecule has 2 N–H and O–H groups in total. The lowest BCUT2D eigenvalue weighted by Gasteiger charge is -2.45. The zero-order valence-corrected chi connectivity index (χ0v) is 23.2. The van der Waals surface area contributed by atoms with E-state index in [1.807, 2.05) is 38.2 Å². The molecular formula is C28H34F3N4O3S-. The highest BCUT2D eigenvalue weighted by Gasteiger charge is 2.39. The van der Waals surface area contributed by atoms with Crippen LogP contribution in [0.2, 0.25) is 0 Å². The average Bonchev–Trinajstić information content (AvgIpc) is 3.27. The molecule has 0 radical (unpaired) electrons. The Labute approximate surface area is 228 Å². The predicted octanol–water partition coefficient (Wildman–Crippen LogP) is 5.05. The van der Waals surface area contributed by atoms with Crippen LogP contribution in [0.5, 0.6) is 0 Å². The number of hydrogen-bond donors (Lipinski definition) is 2. The van der Waals surface area contributed by atoms with Crippen molar-refractivity contribution in [1.29, 1.82) is 0 Å². The first-order valence-electron chi connectivity index (χ1n) is 13.1. The summed E-state index contributed by atoms with van der Waals surface area (Å²) in [6.07, 6.45) is -2.88. The maximum atomic E-state index is 13.4. The number of nitrogens with one attached hydrogen (secondary N) is 2. The molecule has 4 rings (SSSR count). The minimum atomic E-state index is -4.57. The third-order valence-corrected chi connectivity index (χ3v) is 8.84. The third kappa shape index (κ3) is 6.70. The van der Waals surface area contributed by atoms with Gasteiger partial charge in [0, 0.05) is 18.1 Å². The van der Waals surface area contributed by atoms with E-state index in [4.69, 9.17) is 0 Å². The summed E-state index contributed by atoms with van der Waals surface area (Å²) in [6.45, 7) is 6.10. The number of aromatic nitrogens is 2. The number of fused-ring (bicyclic) bond motifs is 1. The number of para-hydroxylation sites is 1. The Bertz CT molecular complexity index is 1330. The van der Waals surface area contributed by atoms with Crippen LogP contribution >= 0.6 is 0 Å². The number of benzene rings is 2. The van der Waals surface area contributed by atoms with E-state index in [1.54, 1.807) is 0 Å². The quantitative estimate of drug-likeness (QED) is 0.374. The summed E-state index contributed by atoms with van der Waals surface area (Å²) < 4.78 is 65.4. The first-order chi connectivity index (χ1) is 18.3. The van der Waals surface area contributed by atoms with Crippen LogP contribution in [0, 0.1) is 12.8 Å². The Hall–Kier alpha value is -2.76. The van der Waals surface area contributed by atoms with E-state index >= 15 is 0 Å². The fraction of sp³-hybridized carbons (Fsp3) is 0.500. The van der Waals surface area contributed by atoms with Crippen molar-refractivity contribution in [2.45, 2.75) is 76.0 Å². The van der Waals surface area contributed by atoms with Crippen molar-refractivity contribution in [1.82, 2.24) is 20.2 Å². The van der Waals surface area contributed by atoms with E-state index in [2.05, 4.69) is 34.0 Å². The van der Waals surface area contributed by atoms with Crippen LogP contribution in [0.4, 0.5) is 13.2 Å². The summed E-state index contributed by atoms with van der Waals surface area (Å²) in [4.78, 5) is 22.2. The first-order valence-corrected chi connectivity index (χ1v) is 14.2. The van der Waals surface area contributed by atoms with Gasteiger partial charge in [0.05, 0.1) is 22.8 Å². The van der Waals surface area contributed by atoms with Gasteiger partial charge in [-0.3, -0.25) is 9.00 Å². The Balaban J connectivity index is 1.58. The number of amides is 1. The molecule has 0 aliphatic heterocycles. The number of carbonyl (C=O) groups excluding carboxylic acids is 1. The summed E-state index contributed by atoms with van der Waals surface area (Å²) in [5.74, 6) is -0.693. The summed E-state index contributed by atoms with van der Waals surface area (Å²) in [5.41, 5.74) is 0.782. The highest BCUT2D eigenvalue weighted by molar-refractivity contribution is 7.79. The second-order valence-electron chi connectivity index (χ2n) is 10.7. The Morgan fingerprint density at radius 1 is 1.21 bits per heavy atom. The van der Waals surface area contributed by atoms with E-state index in [0.29, 0.717) is 18.4 Å². The molecule has 1 saturated carbocycles. The van der Waals surface area contributed by atoms with Crippen LogP contribution in [0.25, 0.3) is 11.0 Å². The first kappa shape index (κ1) is 29.2. The summed E-state index contributed by atoms with van der Waals surface area (Å²) in [6, 6.07) is 11.1. The van der Waals surface area contributed by atoms with Gasteiger partial charge in [-0.25, -0.2) is 4.98 Å². The van der Waals surface area contributed by atoms with E-state index in [0.717, 1.165) is 18.1 Å². The van der Waals surface area contributed by atoms with Crippen LogP contribution in [-0.2, 0) is 28.5 Å². The van der Waals surface area contributed by atoms with Gasteiger partial charge < -0.3 is 19.8 Å². The molecule has 0 spiro atoms. The number of imidazole rings is 1. The number of aryl methyl sites for hydroxylation is 1. The van der Waals surface area contributed by atoms with Gasteiger partial charge in [0.1, 0.15) is 11.3 Å². The standard InChI is InChI=1S/C28H35F3N4O3S/c1-16(2)35(4)19-12-13-22(20(14-19)27(39(37)38)18-10-8-17(3)9-11-18)33-25(36)15-24-32-23-7-5-6-21(26(23)34-24)28(29,30)31/h5-11,16,19-20,22,27H,12-15H2,1-4H3,(H,32,34)(H,33,36)(H,37,38)/p-1/t19-,20+,22+,27?/m1/s1. The molecule has 1 aromatic heterocycles. The molecule has 3 aromatic rings. The lowest BCUT2D eigenvalue weighted by atomic mass is 9.77. The minimum Gasteiger partial charge on any atom is -0.772 e. The van der Waals surface area contributed by atoms with Gasteiger partial charge in [-0.05, 0) is 81.8 Å². The topological polar surface area (TPSA) is 101 Å². The number of carbonyl (C=O) groups is 1. The summed E-state index contributed by atoms with van der Waals surface area (Å²) >= 11 is -2.44. The number of nitrogens with zero attached hydrogens (tertiary/aromatic N) is 2. The molecular weight excluding hydrogens is 529 g/mol. The predicted molar refractivity (Wildman–Crippen MR) is 144 cm³/mol. The van der Waals surface area contributed by atoms with Gasteiger partial charge in [0.2, 0.25) is 5.91 Å². The molecule has 39 heavy (non-hydrogen) atoms. The fourth-order valence-corrected chi connectivity index (χ4v) is 6.52. The molecule has 212 valence electrons. The molecule has 0 saturated heterocycles. The maximum Gasteiger partial charge on any atom is 0.418 e. The largest absolute Gasteiger partial charge is 0.772 e.